The van der Waals surface area contributed by atoms with Crippen LogP contribution in [0.5, 0.6) is 0 Å². The van der Waals surface area contributed by atoms with Crippen LogP contribution in [0.1, 0.15) is 39.8 Å². The van der Waals surface area contributed by atoms with Gasteiger partial charge in [0.15, 0.2) is 0 Å². The van der Waals surface area contributed by atoms with Gasteiger partial charge in [0.05, 0.1) is 5.69 Å². The third kappa shape index (κ3) is 1.63. The fourth-order valence-corrected chi connectivity index (χ4v) is 1.69. The lowest BCUT2D eigenvalue weighted by molar-refractivity contribution is 0.549. The van der Waals surface area contributed by atoms with Crippen LogP contribution in [0.3, 0.4) is 0 Å². The van der Waals surface area contributed by atoms with Crippen LogP contribution < -0.4 is 5.32 Å². The van der Waals surface area contributed by atoms with Crippen molar-refractivity contribution in [3.05, 3.63) is 11.9 Å². The Hall–Kier alpha value is -0.990. The number of hydrogen-bond acceptors (Lipinski definition) is 2. The fraction of sp³-hybridized carbons (Fsp3) is 0.727. The molecule has 3 nitrogen and oxygen atoms in total. The molecule has 14 heavy (non-hydrogen) atoms. The Labute approximate surface area is 85.5 Å². The second kappa shape index (κ2) is 3.01. The first-order valence-corrected chi connectivity index (χ1v) is 5.31. The van der Waals surface area contributed by atoms with Crippen LogP contribution in [0.25, 0.3) is 0 Å². The van der Waals surface area contributed by atoms with Crippen molar-refractivity contribution in [3.63, 3.8) is 0 Å². The van der Waals surface area contributed by atoms with Gasteiger partial charge >= 0.3 is 0 Å². The molecule has 2 rings (SSSR count). The first kappa shape index (κ1) is 9.56. The van der Waals surface area contributed by atoms with E-state index in [0.717, 1.165) is 12.5 Å². The Morgan fingerprint density at radius 1 is 1.50 bits per heavy atom. The number of aryl methyl sites for hydroxylation is 1. The molecule has 1 aromatic rings. The molecule has 0 radical (unpaired) electrons. The molecular formula is C11H19N3. The second-order valence-corrected chi connectivity index (χ2v) is 5.23. The maximum absolute atomic E-state index is 4.62. The standard InChI is InChI=1S/C11H19N3/c1-8-5-6-14-7-9(11(2,3)4)13-10(14)12-8/h7-8H,5-6H2,1-4H3,(H,12,13). The van der Waals surface area contributed by atoms with Gasteiger partial charge in [0.1, 0.15) is 0 Å². The molecule has 1 aliphatic rings. The minimum absolute atomic E-state index is 0.148. The van der Waals surface area contributed by atoms with Crippen molar-refractivity contribution in [2.45, 2.75) is 52.1 Å². The molecule has 0 spiro atoms. The van der Waals surface area contributed by atoms with Gasteiger partial charge in [-0.05, 0) is 13.3 Å². The molecule has 1 atom stereocenters. The summed E-state index contributed by atoms with van der Waals surface area (Å²) in [5.74, 6) is 1.04. The van der Waals surface area contributed by atoms with E-state index in [9.17, 15) is 0 Å². The predicted molar refractivity (Wildman–Crippen MR) is 58.6 cm³/mol. The number of hydrogen-bond donors (Lipinski definition) is 1. The highest BCUT2D eigenvalue weighted by Gasteiger charge is 2.22. The van der Waals surface area contributed by atoms with Gasteiger partial charge in [0, 0.05) is 24.2 Å². The first-order chi connectivity index (χ1) is 6.47. The van der Waals surface area contributed by atoms with E-state index in [2.05, 4.69) is 48.8 Å². The molecule has 0 bridgehead atoms. The molecule has 3 heteroatoms. The lowest BCUT2D eigenvalue weighted by Crippen LogP contribution is -2.25. The number of nitrogens with zero attached hydrogens (tertiary/aromatic N) is 2. The van der Waals surface area contributed by atoms with Crippen LogP contribution in [-0.4, -0.2) is 15.6 Å². The summed E-state index contributed by atoms with van der Waals surface area (Å²) in [6.07, 6.45) is 3.36. The van der Waals surface area contributed by atoms with E-state index in [-0.39, 0.29) is 5.41 Å². The summed E-state index contributed by atoms with van der Waals surface area (Å²) >= 11 is 0. The van der Waals surface area contributed by atoms with Crippen molar-refractivity contribution in [2.75, 3.05) is 5.32 Å². The van der Waals surface area contributed by atoms with Crippen molar-refractivity contribution in [2.24, 2.45) is 0 Å². The number of aromatic nitrogens is 2. The molecular weight excluding hydrogens is 174 g/mol. The van der Waals surface area contributed by atoms with Gasteiger partial charge in [-0.15, -0.1) is 0 Å². The van der Waals surface area contributed by atoms with E-state index in [1.54, 1.807) is 0 Å². The minimum Gasteiger partial charge on any atom is -0.353 e. The molecule has 0 aliphatic carbocycles. The van der Waals surface area contributed by atoms with Gasteiger partial charge in [-0.3, -0.25) is 0 Å². The normalized spacial score (nSPS) is 21.6. The predicted octanol–water partition coefficient (Wildman–Crippen LogP) is 2.38. The Balaban J connectivity index is 2.32. The Kier molecular flexibility index (Phi) is 2.05. The number of rotatable bonds is 0. The highest BCUT2D eigenvalue weighted by Crippen LogP contribution is 2.25. The van der Waals surface area contributed by atoms with Crippen molar-refractivity contribution < 1.29 is 0 Å². The maximum atomic E-state index is 4.62. The zero-order valence-corrected chi connectivity index (χ0v) is 9.46. The zero-order valence-electron chi connectivity index (χ0n) is 9.46. The van der Waals surface area contributed by atoms with E-state index in [1.165, 1.54) is 12.1 Å². The van der Waals surface area contributed by atoms with Crippen LogP contribution in [0.4, 0.5) is 5.95 Å². The van der Waals surface area contributed by atoms with Crippen LogP contribution in [-0.2, 0) is 12.0 Å². The second-order valence-electron chi connectivity index (χ2n) is 5.23. The van der Waals surface area contributed by atoms with E-state index in [0.29, 0.717) is 6.04 Å². The number of anilines is 1. The average molecular weight is 193 g/mol. The van der Waals surface area contributed by atoms with Gasteiger partial charge in [-0.2, -0.15) is 0 Å². The third-order valence-corrected chi connectivity index (χ3v) is 2.72. The summed E-state index contributed by atoms with van der Waals surface area (Å²) < 4.78 is 2.22. The Morgan fingerprint density at radius 2 is 2.21 bits per heavy atom. The molecule has 0 fully saturated rings. The Morgan fingerprint density at radius 3 is 2.86 bits per heavy atom. The lowest BCUT2D eigenvalue weighted by Gasteiger charge is -2.21. The van der Waals surface area contributed by atoms with Gasteiger partial charge in [-0.25, -0.2) is 4.98 Å². The van der Waals surface area contributed by atoms with Gasteiger partial charge in [0.25, 0.3) is 0 Å². The summed E-state index contributed by atoms with van der Waals surface area (Å²) in [4.78, 5) is 4.62. The average Bonchev–Trinajstić information content (AvgIpc) is 2.45. The molecule has 1 unspecified atom stereocenters. The van der Waals surface area contributed by atoms with Crippen molar-refractivity contribution in [1.82, 2.24) is 9.55 Å². The SMILES string of the molecule is CC1CCn2cc(C(C)(C)C)nc2N1. The fourth-order valence-electron chi connectivity index (χ4n) is 1.69. The summed E-state index contributed by atoms with van der Waals surface area (Å²) in [6, 6.07) is 0.553. The first-order valence-electron chi connectivity index (χ1n) is 5.31. The van der Waals surface area contributed by atoms with Crippen molar-refractivity contribution >= 4 is 5.95 Å². The highest BCUT2D eigenvalue weighted by atomic mass is 15.2. The van der Waals surface area contributed by atoms with Gasteiger partial charge in [-0.1, -0.05) is 20.8 Å². The molecule has 78 valence electrons. The smallest absolute Gasteiger partial charge is 0.203 e. The molecule has 0 aromatic carbocycles. The number of imidazole rings is 1. The summed E-state index contributed by atoms with van der Waals surface area (Å²) in [7, 11) is 0. The molecule has 1 N–H and O–H groups in total. The molecule has 0 saturated carbocycles. The summed E-state index contributed by atoms with van der Waals surface area (Å²) in [5, 5.41) is 3.40. The van der Waals surface area contributed by atoms with E-state index in [4.69, 9.17) is 0 Å². The molecule has 0 saturated heterocycles. The van der Waals surface area contributed by atoms with E-state index in [1.807, 2.05) is 0 Å². The quantitative estimate of drug-likeness (QED) is 0.685. The summed E-state index contributed by atoms with van der Waals surface area (Å²) in [5.41, 5.74) is 1.32. The van der Waals surface area contributed by atoms with Gasteiger partial charge < -0.3 is 9.88 Å². The van der Waals surface area contributed by atoms with Gasteiger partial charge in [0.2, 0.25) is 5.95 Å². The number of nitrogens with one attached hydrogen (secondary N) is 1. The molecule has 1 aliphatic heterocycles. The van der Waals surface area contributed by atoms with Crippen molar-refractivity contribution in [1.29, 1.82) is 0 Å². The van der Waals surface area contributed by atoms with E-state index >= 15 is 0 Å². The van der Waals surface area contributed by atoms with Crippen LogP contribution in [0.2, 0.25) is 0 Å². The largest absolute Gasteiger partial charge is 0.353 e. The molecule has 2 heterocycles. The highest BCUT2D eigenvalue weighted by molar-refractivity contribution is 5.34. The van der Waals surface area contributed by atoms with Crippen LogP contribution in [0, 0.1) is 0 Å². The lowest BCUT2D eigenvalue weighted by atomic mass is 9.93. The van der Waals surface area contributed by atoms with Crippen LogP contribution >= 0.6 is 0 Å². The molecule has 1 aromatic heterocycles. The summed E-state index contributed by atoms with van der Waals surface area (Å²) in [6.45, 7) is 9.89. The monoisotopic (exact) mass is 193 g/mol. The Bertz CT molecular complexity index is 333. The topological polar surface area (TPSA) is 29.9 Å². The zero-order chi connectivity index (χ0) is 10.3. The van der Waals surface area contributed by atoms with Crippen molar-refractivity contribution in [3.8, 4) is 0 Å². The molecule has 0 amide bonds. The van der Waals surface area contributed by atoms with Crippen LogP contribution in [0.15, 0.2) is 6.20 Å². The third-order valence-electron chi connectivity index (χ3n) is 2.72. The van der Waals surface area contributed by atoms with E-state index < -0.39 is 0 Å². The minimum atomic E-state index is 0.148. The number of fused-ring (bicyclic) bond motifs is 1. The maximum Gasteiger partial charge on any atom is 0.203 e.